The highest BCUT2D eigenvalue weighted by atomic mass is 32.1. The first-order valence-electron chi connectivity index (χ1n) is 4.97. The zero-order chi connectivity index (χ0) is 10.4. The van der Waals surface area contributed by atoms with Crippen LogP contribution in [0, 0.1) is 0 Å². The van der Waals surface area contributed by atoms with Crippen LogP contribution in [0.2, 0.25) is 0 Å². The van der Waals surface area contributed by atoms with Gasteiger partial charge < -0.3 is 10.1 Å². The van der Waals surface area contributed by atoms with Crippen LogP contribution in [0.15, 0.2) is 11.7 Å². The van der Waals surface area contributed by atoms with Gasteiger partial charge in [0.15, 0.2) is 0 Å². The molecule has 4 heteroatoms. The van der Waals surface area contributed by atoms with Crippen molar-refractivity contribution in [1.82, 2.24) is 10.3 Å². The van der Waals surface area contributed by atoms with Gasteiger partial charge in [-0.25, -0.2) is 0 Å². The SMILES string of the molecule is CCOC(C)CNC(C)c1cncs1. The summed E-state index contributed by atoms with van der Waals surface area (Å²) >= 11 is 1.68. The molecule has 0 spiro atoms. The Bertz CT molecular complexity index is 238. The first-order valence-corrected chi connectivity index (χ1v) is 5.85. The lowest BCUT2D eigenvalue weighted by atomic mass is 10.3. The standard InChI is InChI=1S/C10H18N2OS/c1-4-13-8(2)5-12-9(3)10-6-11-7-14-10/h6-9,12H,4-5H2,1-3H3. The van der Waals surface area contributed by atoms with Crippen molar-refractivity contribution >= 4 is 11.3 Å². The predicted molar refractivity (Wildman–Crippen MR) is 59.6 cm³/mol. The van der Waals surface area contributed by atoms with Gasteiger partial charge in [0.2, 0.25) is 0 Å². The van der Waals surface area contributed by atoms with Gasteiger partial charge in [-0.2, -0.15) is 0 Å². The summed E-state index contributed by atoms with van der Waals surface area (Å²) in [6, 6.07) is 0.366. The Kier molecular flexibility index (Phi) is 5.07. The van der Waals surface area contributed by atoms with Crippen molar-refractivity contribution in [2.24, 2.45) is 0 Å². The third-order valence-corrected chi connectivity index (χ3v) is 3.00. The van der Waals surface area contributed by atoms with Gasteiger partial charge >= 0.3 is 0 Å². The van der Waals surface area contributed by atoms with Gasteiger partial charge in [0, 0.05) is 30.3 Å². The summed E-state index contributed by atoms with van der Waals surface area (Å²) in [7, 11) is 0. The van der Waals surface area contributed by atoms with E-state index in [9.17, 15) is 0 Å². The molecular weight excluding hydrogens is 196 g/mol. The quantitative estimate of drug-likeness (QED) is 0.788. The van der Waals surface area contributed by atoms with Gasteiger partial charge in [0.1, 0.15) is 0 Å². The number of ether oxygens (including phenoxy) is 1. The lowest BCUT2D eigenvalue weighted by molar-refractivity contribution is 0.0744. The van der Waals surface area contributed by atoms with Crippen LogP contribution in [0.5, 0.6) is 0 Å². The highest BCUT2D eigenvalue weighted by Crippen LogP contribution is 2.15. The Balaban J connectivity index is 2.24. The van der Waals surface area contributed by atoms with E-state index >= 15 is 0 Å². The van der Waals surface area contributed by atoms with Crippen LogP contribution in [0.1, 0.15) is 31.7 Å². The zero-order valence-electron chi connectivity index (χ0n) is 8.99. The van der Waals surface area contributed by atoms with E-state index in [-0.39, 0.29) is 6.10 Å². The summed E-state index contributed by atoms with van der Waals surface area (Å²) in [5.41, 5.74) is 1.86. The average Bonchev–Trinajstić information content (AvgIpc) is 2.67. The van der Waals surface area contributed by atoms with E-state index < -0.39 is 0 Å². The fraction of sp³-hybridized carbons (Fsp3) is 0.700. The van der Waals surface area contributed by atoms with Crippen LogP contribution >= 0.6 is 11.3 Å². The van der Waals surface area contributed by atoms with Gasteiger partial charge in [-0.15, -0.1) is 11.3 Å². The maximum Gasteiger partial charge on any atom is 0.0794 e. The van der Waals surface area contributed by atoms with Crippen molar-refractivity contribution in [3.8, 4) is 0 Å². The second-order valence-electron chi connectivity index (χ2n) is 3.30. The number of hydrogen-bond donors (Lipinski definition) is 1. The molecule has 1 N–H and O–H groups in total. The molecular formula is C10H18N2OS. The van der Waals surface area contributed by atoms with Crippen LogP contribution in [0.3, 0.4) is 0 Å². The van der Waals surface area contributed by atoms with Crippen LogP contribution in [0.25, 0.3) is 0 Å². The Labute approximate surface area is 89.5 Å². The third-order valence-electron chi connectivity index (χ3n) is 2.04. The molecule has 1 aromatic rings. The van der Waals surface area contributed by atoms with Crippen molar-refractivity contribution in [1.29, 1.82) is 0 Å². The second-order valence-corrected chi connectivity index (χ2v) is 4.22. The van der Waals surface area contributed by atoms with E-state index in [1.807, 2.05) is 18.6 Å². The van der Waals surface area contributed by atoms with Crippen LogP contribution in [-0.4, -0.2) is 24.2 Å². The summed E-state index contributed by atoms with van der Waals surface area (Å²) in [5.74, 6) is 0. The lowest BCUT2D eigenvalue weighted by Crippen LogP contribution is -2.28. The number of aromatic nitrogens is 1. The highest BCUT2D eigenvalue weighted by molar-refractivity contribution is 7.09. The summed E-state index contributed by atoms with van der Waals surface area (Å²) in [5, 5.41) is 3.42. The van der Waals surface area contributed by atoms with Crippen molar-refractivity contribution in [2.75, 3.05) is 13.2 Å². The number of nitrogens with zero attached hydrogens (tertiary/aromatic N) is 1. The molecule has 0 bridgehead atoms. The number of hydrogen-bond acceptors (Lipinski definition) is 4. The molecule has 0 fully saturated rings. The first kappa shape index (κ1) is 11.6. The van der Waals surface area contributed by atoms with E-state index in [1.54, 1.807) is 11.3 Å². The predicted octanol–water partition coefficient (Wildman–Crippen LogP) is 2.22. The van der Waals surface area contributed by atoms with E-state index in [4.69, 9.17) is 4.74 Å². The summed E-state index contributed by atoms with van der Waals surface area (Å²) in [6.45, 7) is 7.90. The van der Waals surface area contributed by atoms with Crippen molar-refractivity contribution in [3.05, 3.63) is 16.6 Å². The molecule has 0 saturated carbocycles. The molecule has 0 aliphatic heterocycles. The van der Waals surface area contributed by atoms with E-state index in [1.165, 1.54) is 4.88 Å². The molecule has 2 unspecified atom stereocenters. The Morgan fingerprint density at radius 2 is 2.36 bits per heavy atom. The Hall–Kier alpha value is -0.450. The number of thiazole rings is 1. The molecule has 80 valence electrons. The van der Waals surface area contributed by atoms with Crippen LogP contribution < -0.4 is 5.32 Å². The summed E-state index contributed by atoms with van der Waals surface area (Å²) < 4.78 is 5.43. The second kappa shape index (κ2) is 6.11. The minimum atomic E-state index is 0.273. The lowest BCUT2D eigenvalue weighted by Gasteiger charge is -2.16. The van der Waals surface area contributed by atoms with Crippen molar-refractivity contribution in [2.45, 2.75) is 32.9 Å². The molecule has 1 aromatic heterocycles. The minimum Gasteiger partial charge on any atom is -0.377 e. The molecule has 0 aromatic carbocycles. The first-order chi connectivity index (χ1) is 6.74. The molecule has 3 nitrogen and oxygen atoms in total. The molecule has 0 saturated heterocycles. The van der Waals surface area contributed by atoms with Crippen LogP contribution in [-0.2, 0) is 4.74 Å². The van der Waals surface area contributed by atoms with E-state index in [0.29, 0.717) is 6.04 Å². The smallest absolute Gasteiger partial charge is 0.0794 e. The molecule has 1 rings (SSSR count). The third kappa shape index (κ3) is 3.74. The van der Waals surface area contributed by atoms with Gasteiger partial charge in [0.25, 0.3) is 0 Å². The average molecular weight is 214 g/mol. The molecule has 1 heterocycles. The fourth-order valence-electron chi connectivity index (χ4n) is 1.23. The van der Waals surface area contributed by atoms with E-state index in [2.05, 4.69) is 24.1 Å². The highest BCUT2D eigenvalue weighted by Gasteiger charge is 2.08. The summed E-state index contributed by atoms with van der Waals surface area (Å²) in [4.78, 5) is 5.33. The monoisotopic (exact) mass is 214 g/mol. The molecule has 0 aliphatic rings. The van der Waals surface area contributed by atoms with Gasteiger partial charge in [-0.1, -0.05) is 0 Å². The van der Waals surface area contributed by atoms with Crippen molar-refractivity contribution < 1.29 is 4.74 Å². The molecule has 0 amide bonds. The van der Waals surface area contributed by atoms with Gasteiger partial charge in [0.05, 0.1) is 11.6 Å². The molecule has 0 radical (unpaired) electrons. The van der Waals surface area contributed by atoms with E-state index in [0.717, 1.165) is 13.2 Å². The Morgan fingerprint density at radius 3 is 2.93 bits per heavy atom. The molecule has 14 heavy (non-hydrogen) atoms. The van der Waals surface area contributed by atoms with Crippen LogP contribution in [0.4, 0.5) is 0 Å². The fourth-order valence-corrected chi connectivity index (χ4v) is 1.88. The summed E-state index contributed by atoms with van der Waals surface area (Å²) in [6.07, 6.45) is 2.18. The normalized spacial score (nSPS) is 15.4. The zero-order valence-corrected chi connectivity index (χ0v) is 9.80. The topological polar surface area (TPSA) is 34.1 Å². The molecule has 2 atom stereocenters. The number of rotatable bonds is 6. The van der Waals surface area contributed by atoms with Gasteiger partial charge in [-0.3, -0.25) is 4.98 Å². The number of nitrogens with one attached hydrogen (secondary N) is 1. The minimum absolute atomic E-state index is 0.273. The molecule has 0 aliphatic carbocycles. The maximum absolute atomic E-state index is 5.43. The largest absolute Gasteiger partial charge is 0.377 e. The van der Waals surface area contributed by atoms with Crippen molar-refractivity contribution in [3.63, 3.8) is 0 Å². The maximum atomic E-state index is 5.43. The van der Waals surface area contributed by atoms with Gasteiger partial charge in [-0.05, 0) is 20.8 Å². The Morgan fingerprint density at radius 1 is 1.57 bits per heavy atom.